The normalized spacial score (nSPS) is 26.0. The molecular formula is C16H25FN2. The highest BCUT2D eigenvalue weighted by Crippen LogP contribution is 2.39. The van der Waals surface area contributed by atoms with Crippen LogP contribution in [0.1, 0.15) is 32.3 Å². The molecule has 106 valence electrons. The van der Waals surface area contributed by atoms with E-state index in [1.807, 2.05) is 12.1 Å². The van der Waals surface area contributed by atoms with Gasteiger partial charge < -0.3 is 5.32 Å². The minimum Gasteiger partial charge on any atom is -0.315 e. The van der Waals surface area contributed by atoms with Crippen LogP contribution < -0.4 is 5.32 Å². The molecule has 2 rings (SSSR count). The van der Waals surface area contributed by atoms with E-state index in [2.05, 4.69) is 38.2 Å². The van der Waals surface area contributed by atoms with E-state index in [1.54, 1.807) is 0 Å². The zero-order valence-electron chi connectivity index (χ0n) is 12.4. The lowest BCUT2D eigenvalue weighted by Crippen LogP contribution is -2.49. The summed E-state index contributed by atoms with van der Waals surface area (Å²) in [7, 11) is 4.22. The monoisotopic (exact) mass is 264 g/mol. The quantitative estimate of drug-likeness (QED) is 0.899. The lowest BCUT2D eigenvalue weighted by molar-refractivity contribution is 0.171. The molecule has 0 spiro atoms. The van der Waals surface area contributed by atoms with Gasteiger partial charge in [0, 0.05) is 18.6 Å². The summed E-state index contributed by atoms with van der Waals surface area (Å²) >= 11 is 0. The van der Waals surface area contributed by atoms with Crippen LogP contribution in [0.5, 0.6) is 0 Å². The Balaban J connectivity index is 2.04. The van der Waals surface area contributed by atoms with Crippen molar-refractivity contribution in [2.75, 3.05) is 14.1 Å². The van der Waals surface area contributed by atoms with Gasteiger partial charge in [0.05, 0.1) is 0 Å². The molecule has 2 atom stereocenters. The molecule has 1 saturated carbocycles. The Kier molecular flexibility index (Phi) is 4.26. The lowest BCUT2D eigenvalue weighted by Gasteiger charge is -2.35. The summed E-state index contributed by atoms with van der Waals surface area (Å²) in [5.41, 5.74) is 1.51. The fraction of sp³-hybridized carbons (Fsp3) is 0.625. The highest BCUT2D eigenvalue weighted by molar-refractivity contribution is 5.16. The molecule has 0 aromatic heterocycles. The summed E-state index contributed by atoms with van der Waals surface area (Å²) < 4.78 is 12.9. The van der Waals surface area contributed by atoms with Crippen molar-refractivity contribution in [2.45, 2.75) is 45.3 Å². The van der Waals surface area contributed by atoms with Crippen LogP contribution in [-0.4, -0.2) is 31.1 Å². The van der Waals surface area contributed by atoms with Crippen LogP contribution in [0.3, 0.4) is 0 Å². The number of nitrogens with one attached hydrogen (secondary N) is 1. The Morgan fingerprint density at radius 3 is 2.53 bits per heavy atom. The van der Waals surface area contributed by atoms with Crippen molar-refractivity contribution in [3.63, 3.8) is 0 Å². The molecule has 1 fully saturated rings. The molecule has 1 aliphatic carbocycles. The van der Waals surface area contributed by atoms with Crippen LogP contribution in [0.15, 0.2) is 24.3 Å². The van der Waals surface area contributed by atoms with Crippen molar-refractivity contribution in [3.05, 3.63) is 35.6 Å². The molecule has 1 N–H and O–H groups in total. The largest absolute Gasteiger partial charge is 0.315 e. The van der Waals surface area contributed by atoms with Crippen LogP contribution in [0.2, 0.25) is 0 Å². The van der Waals surface area contributed by atoms with Crippen LogP contribution in [0.4, 0.5) is 4.39 Å². The van der Waals surface area contributed by atoms with Crippen LogP contribution in [0.25, 0.3) is 0 Å². The highest BCUT2D eigenvalue weighted by Gasteiger charge is 2.42. The number of benzene rings is 1. The molecule has 1 aliphatic rings. The molecule has 1 aromatic carbocycles. The average Bonchev–Trinajstić information content (AvgIpc) is 2.67. The van der Waals surface area contributed by atoms with Crippen molar-refractivity contribution < 1.29 is 4.39 Å². The fourth-order valence-electron chi connectivity index (χ4n) is 3.42. The minimum absolute atomic E-state index is 0.165. The highest BCUT2D eigenvalue weighted by atomic mass is 19.1. The van der Waals surface area contributed by atoms with Gasteiger partial charge in [-0.3, -0.25) is 4.90 Å². The summed E-state index contributed by atoms with van der Waals surface area (Å²) in [6, 6.07) is 7.89. The number of rotatable bonds is 4. The van der Waals surface area contributed by atoms with E-state index in [1.165, 1.54) is 30.5 Å². The van der Waals surface area contributed by atoms with E-state index in [0.717, 1.165) is 6.54 Å². The SMILES string of the molecule is CNC1C(N(C)Cc2ccc(F)cc2)CCC1(C)C. The van der Waals surface area contributed by atoms with Gasteiger partial charge in [0.15, 0.2) is 0 Å². The van der Waals surface area contributed by atoms with Gasteiger partial charge in [-0.15, -0.1) is 0 Å². The molecule has 0 saturated heterocycles. The molecule has 0 amide bonds. The first-order valence-electron chi connectivity index (χ1n) is 7.06. The van der Waals surface area contributed by atoms with Gasteiger partial charge in [0.2, 0.25) is 0 Å². The van der Waals surface area contributed by atoms with E-state index in [9.17, 15) is 4.39 Å². The van der Waals surface area contributed by atoms with Crippen LogP contribution >= 0.6 is 0 Å². The minimum atomic E-state index is -0.165. The molecular weight excluding hydrogens is 239 g/mol. The maximum Gasteiger partial charge on any atom is 0.123 e. The fourth-order valence-corrected chi connectivity index (χ4v) is 3.42. The lowest BCUT2D eigenvalue weighted by atomic mass is 9.86. The molecule has 0 heterocycles. The number of hydrogen-bond donors (Lipinski definition) is 1. The third-order valence-corrected chi connectivity index (χ3v) is 4.53. The molecule has 19 heavy (non-hydrogen) atoms. The zero-order valence-corrected chi connectivity index (χ0v) is 12.4. The Morgan fingerprint density at radius 2 is 1.95 bits per heavy atom. The predicted octanol–water partition coefficient (Wildman–Crippen LogP) is 3.03. The van der Waals surface area contributed by atoms with Crippen molar-refractivity contribution in [2.24, 2.45) is 5.41 Å². The zero-order chi connectivity index (χ0) is 14.0. The third-order valence-electron chi connectivity index (χ3n) is 4.53. The Hall–Kier alpha value is -0.930. The smallest absolute Gasteiger partial charge is 0.123 e. The van der Waals surface area contributed by atoms with E-state index in [-0.39, 0.29) is 5.82 Å². The van der Waals surface area contributed by atoms with Gasteiger partial charge >= 0.3 is 0 Å². The summed E-state index contributed by atoms with van der Waals surface area (Å²) in [4.78, 5) is 2.39. The summed E-state index contributed by atoms with van der Waals surface area (Å²) in [6.07, 6.45) is 2.47. The maximum atomic E-state index is 12.9. The molecule has 1 aromatic rings. The van der Waals surface area contributed by atoms with Gasteiger partial charge in [-0.25, -0.2) is 4.39 Å². The third kappa shape index (κ3) is 3.15. The molecule has 2 nitrogen and oxygen atoms in total. The topological polar surface area (TPSA) is 15.3 Å². The van der Waals surface area contributed by atoms with Gasteiger partial charge in [-0.2, -0.15) is 0 Å². The molecule has 3 heteroatoms. The second-order valence-corrected chi connectivity index (χ2v) is 6.40. The molecule has 0 bridgehead atoms. The molecule has 2 unspecified atom stereocenters. The van der Waals surface area contributed by atoms with Gasteiger partial charge in [-0.05, 0) is 50.0 Å². The second kappa shape index (κ2) is 5.59. The molecule has 0 aliphatic heterocycles. The maximum absolute atomic E-state index is 12.9. The second-order valence-electron chi connectivity index (χ2n) is 6.40. The first-order valence-corrected chi connectivity index (χ1v) is 7.06. The Labute approximate surface area is 116 Å². The van der Waals surface area contributed by atoms with E-state index >= 15 is 0 Å². The van der Waals surface area contributed by atoms with Gasteiger partial charge in [0.25, 0.3) is 0 Å². The van der Waals surface area contributed by atoms with Gasteiger partial charge in [-0.1, -0.05) is 26.0 Å². The van der Waals surface area contributed by atoms with Crippen molar-refractivity contribution >= 4 is 0 Å². The first-order chi connectivity index (χ1) is 8.94. The summed E-state index contributed by atoms with van der Waals surface area (Å²) in [5, 5.41) is 3.48. The standard InChI is InChI=1S/C16H25FN2/c1-16(2)10-9-14(15(16)18-3)19(4)11-12-5-7-13(17)8-6-12/h5-8,14-15,18H,9-11H2,1-4H3. The summed E-state index contributed by atoms with van der Waals surface area (Å²) in [5.74, 6) is -0.165. The predicted molar refractivity (Wildman–Crippen MR) is 77.5 cm³/mol. The number of hydrogen-bond acceptors (Lipinski definition) is 2. The Bertz CT molecular complexity index is 413. The molecule has 0 radical (unpaired) electrons. The number of halogens is 1. The Morgan fingerprint density at radius 1 is 1.32 bits per heavy atom. The van der Waals surface area contributed by atoms with E-state index in [0.29, 0.717) is 17.5 Å². The van der Waals surface area contributed by atoms with Crippen molar-refractivity contribution in [1.82, 2.24) is 10.2 Å². The van der Waals surface area contributed by atoms with E-state index < -0.39 is 0 Å². The van der Waals surface area contributed by atoms with Crippen molar-refractivity contribution in [3.8, 4) is 0 Å². The van der Waals surface area contributed by atoms with Crippen LogP contribution in [0, 0.1) is 11.2 Å². The average molecular weight is 264 g/mol. The number of nitrogens with zero attached hydrogens (tertiary/aromatic N) is 1. The first kappa shape index (κ1) is 14.5. The van der Waals surface area contributed by atoms with Crippen LogP contribution in [-0.2, 0) is 6.54 Å². The van der Waals surface area contributed by atoms with Gasteiger partial charge in [0.1, 0.15) is 5.82 Å². The van der Waals surface area contributed by atoms with E-state index in [4.69, 9.17) is 0 Å². The summed E-state index contributed by atoms with van der Waals surface area (Å²) in [6.45, 7) is 5.54. The van der Waals surface area contributed by atoms with Crippen molar-refractivity contribution in [1.29, 1.82) is 0 Å². The number of likely N-dealkylation sites (N-methyl/N-ethyl adjacent to an activating group) is 2.